The minimum absolute atomic E-state index is 0.602. The van der Waals surface area contributed by atoms with Gasteiger partial charge in [0.2, 0.25) is 0 Å². The molecule has 0 bridgehead atoms. The molecule has 0 rings (SSSR count). The fourth-order valence-electron chi connectivity index (χ4n) is 0.479. The van der Waals surface area contributed by atoms with Gasteiger partial charge in [-0.15, -0.1) is 0 Å². The lowest BCUT2D eigenvalue weighted by molar-refractivity contribution is -0.145. The minimum Gasteiger partial charge on any atom is -0.481 e. The number of rotatable bonds is 3. The van der Waals surface area contributed by atoms with Crippen molar-refractivity contribution in [2.75, 3.05) is 0 Å². The summed E-state index contributed by atoms with van der Waals surface area (Å²) in [4.78, 5) is 12.2. The number of carboxylic acids is 1. The number of carbonyl (C=O) groups is 1. The molecule has 0 spiro atoms. The molecule has 0 aliphatic carbocycles. The van der Waals surface area contributed by atoms with Crippen molar-refractivity contribution in [3.05, 3.63) is 11.1 Å². The van der Waals surface area contributed by atoms with Gasteiger partial charge in [-0.3, -0.25) is 4.79 Å². The lowest BCUT2D eigenvalue weighted by Crippen LogP contribution is -2.23. The second-order valence-electron chi connectivity index (χ2n) is 2.37. The average Bonchev–Trinajstić information content (AvgIpc) is 1.88. The number of carboxylic acid groups (broad SMARTS) is 1. The van der Waals surface area contributed by atoms with Crippen LogP contribution in [0.2, 0.25) is 0 Å². The first-order chi connectivity index (χ1) is 4.56. The van der Waals surface area contributed by atoms with Gasteiger partial charge in [0.15, 0.2) is 0 Å². The molecule has 0 amide bonds. The van der Waals surface area contributed by atoms with Crippen molar-refractivity contribution < 1.29 is 9.90 Å². The molecule has 2 nitrogen and oxygen atoms in total. The SMILES string of the molecule is CCC(C)(/C=C/Br)C(=O)O. The normalized spacial score (nSPS) is 17.1. The topological polar surface area (TPSA) is 37.3 Å². The van der Waals surface area contributed by atoms with E-state index in [4.69, 9.17) is 5.11 Å². The van der Waals surface area contributed by atoms with Crippen molar-refractivity contribution in [3.8, 4) is 0 Å². The molecule has 3 heteroatoms. The van der Waals surface area contributed by atoms with E-state index in [1.807, 2.05) is 6.92 Å². The van der Waals surface area contributed by atoms with Gasteiger partial charge in [0.05, 0.1) is 5.41 Å². The third-order valence-corrected chi connectivity index (χ3v) is 1.92. The van der Waals surface area contributed by atoms with E-state index in [0.717, 1.165) is 0 Å². The zero-order chi connectivity index (χ0) is 8.20. The van der Waals surface area contributed by atoms with Crippen molar-refractivity contribution in [2.24, 2.45) is 5.41 Å². The van der Waals surface area contributed by atoms with Gasteiger partial charge < -0.3 is 5.11 Å². The lowest BCUT2D eigenvalue weighted by atomic mass is 9.88. The molecule has 10 heavy (non-hydrogen) atoms. The zero-order valence-electron chi connectivity index (χ0n) is 6.10. The second kappa shape index (κ2) is 3.76. The van der Waals surface area contributed by atoms with Crippen LogP contribution in [0.15, 0.2) is 11.1 Å². The first-order valence-corrected chi connectivity index (χ1v) is 3.99. The van der Waals surface area contributed by atoms with Crippen LogP contribution in [-0.4, -0.2) is 11.1 Å². The summed E-state index contributed by atoms with van der Waals surface area (Å²) in [5.41, 5.74) is -0.719. The summed E-state index contributed by atoms with van der Waals surface area (Å²) in [6, 6.07) is 0. The molecule has 0 aromatic carbocycles. The summed E-state index contributed by atoms with van der Waals surface area (Å²) < 4.78 is 0. The van der Waals surface area contributed by atoms with Gasteiger partial charge in [-0.25, -0.2) is 0 Å². The maximum absolute atomic E-state index is 10.6. The van der Waals surface area contributed by atoms with E-state index in [2.05, 4.69) is 15.9 Å². The van der Waals surface area contributed by atoms with Crippen molar-refractivity contribution in [3.63, 3.8) is 0 Å². The monoisotopic (exact) mass is 206 g/mol. The van der Waals surface area contributed by atoms with Crippen LogP contribution in [0.5, 0.6) is 0 Å². The molecule has 0 saturated carbocycles. The third kappa shape index (κ3) is 2.14. The molecule has 0 aliphatic rings. The summed E-state index contributed by atoms with van der Waals surface area (Å²) in [5, 5.41) is 8.69. The van der Waals surface area contributed by atoms with E-state index in [-0.39, 0.29) is 0 Å². The zero-order valence-corrected chi connectivity index (χ0v) is 7.68. The Morgan fingerprint density at radius 3 is 2.40 bits per heavy atom. The van der Waals surface area contributed by atoms with Gasteiger partial charge in [0.1, 0.15) is 0 Å². The highest BCUT2D eigenvalue weighted by molar-refractivity contribution is 9.11. The standard InChI is InChI=1S/C7H11BrO2/c1-3-7(2,4-5-8)6(9)10/h4-5H,3H2,1-2H3,(H,9,10)/b5-4+. The Kier molecular flexibility index (Phi) is 3.64. The molecule has 1 unspecified atom stereocenters. The smallest absolute Gasteiger partial charge is 0.313 e. The van der Waals surface area contributed by atoms with Gasteiger partial charge in [-0.1, -0.05) is 28.9 Å². The molecule has 1 atom stereocenters. The molecule has 58 valence electrons. The highest BCUT2D eigenvalue weighted by Crippen LogP contribution is 2.23. The molecule has 0 aromatic heterocycles. The molecule has 0 aliphatic heterocycles. The van der Waals surface area contributed by atoms with E-state index in [0.29, 0.717) is 6.42 Å². The third-order valence-electron chi connectivity index (χ3n) is 1.65. The van der Waals surface area contributed by atoms with Crippen LogP contribution in [0.4, 0.5) is 0 Å². The molecular formula is C7H11BrO2. The minimum atomic E-state index is -0.786. The van der Waals surface area contributed by atoms with E-state index >= 15 is 0 Å². The predicted octanol–water partition coefficient (Wildman–Crippen LogP) is 2.40. The fraction of sp³-hybridized carbons (Fsp3) is 0.571. The van der Waals surface area contributed by atoms with Crippen LogP contribution in [0, 0.1) is 5.41 Å². The highest BCUT2D eigenvalue weighted by atomic mass is 79.9. The van der Waals surface area contributed by atoms with Crippen LogP contribution in [0.3, 0.4) is 0 Å². The first kappa shape index (κ1) is 9.69. The number of aliphatic carboxylic acids is 1. The predicted molar refractivity (Wildman–Crippen MR) is 44.1 cm³/mol. The molecule has 0 radical (unpaired) electrons. The number of hydrogen-bond acceptors (Lipinski definition) is 1. The largest absolute Gasteiger partial charge is 0.481 e. The maximum Gasteiger partial charge on any atom is 0.313 e. The van der Waals surface area contributed by atoms with E-state index in [9.17, 15) is 4.79 Å². The summed E-state index contributed by atoms with van der Waals surface area (Å²) in [6.45, 7) is 3.54. The van der Waals surface area contributed by atoms with E-state index < -0.39 is 11.4 Å². The van der Waals surface area contributed by atoms with E-state index in [1.165, 1.54) is 0 Å². The van der Waals surface area contributed by atoms with E-state index in [1.54, 1.807) is 18.0 Å². The maximum atomic E-state index is 10.6. The first-order valence-electron chi connectivity index (χ1n) is 3.08. The Bertz CT molecular complexity index is 154. The van der Waals surface area contributed by atoms with Crippen LogP contribution >= 0.6 is 15.9 Å². The van der Waals surface area contributed by atoms with Crippen LogP contribution in [0.25, 0.3) is 0 Å². The average molecular weight is 207 g/mol. The molecule has 0 aromatic rings. The van der Waals surface area contributed by atoms with Gasteiger partial charge in [0, 0.05) is 0 Å². The fourth-order valence-corrected chi connectivity index (χ4v) is 1.06. The van der Waals surface area contributed by atoms with Crippen LogP contribution in [-0.2, 0) is 4.79 Å². The summed E-state index contributed by atoms with van der Waals surface area (Å²) in [7, 11) is 0. The Morgan fingerprint density at radius 1 is 1.80 bits per heavy atom. The van der Waals surface area contributed by atoms with Gasteiger partial charge in [-0.05, 0) is 18.3 Å². The summed E-state index contributed by atoms with van der Waals surface area (Å²) in [6.07, 6.45) is 2.24. The van der Waals surface area contributed by atoms with Crippen molar-refractivity contribution in [1.82, 2.24) is 0 Å². The highest BCUT2D eigenvalue weighted by Gasteiger charge is 2.27. The molecule has 1 N–H and O–H groups in total. The Morgan fingerprint density at radius 2 is 2.30 bits per heavy atom. The molecule has 0 fully saturated rings. The van der Waals surface area contributed by atoms with Gasteiger partial charge in [-0.2, -0.15) is 0 Å². The Hall–Kier alpha value is -0.310. The van der Waals surface area contributed by atoms with Gasteiger partial charge >= 0.3 is 5.97 Å². The molecule has 0 saturated heterocycles. The summed E-state index contributed by atoms with van der Waals surface area (Å²) in [5.74, 6) is -0.786. The lowest BCUT2D eigenvalue weighted by Gasteiger charge is -2.16. The molecular weight excluding hydrogens is 196 g/mol. The Labute approximate surface area is 69.1 Å². The Balaban J connectivity index is 4.38. The molecule has 0 heterocycles. The second-order valence-corrected chi connectivity index (χ2v) is 2.90. The van der Waals surface area contributed by atoms with Crippen molar-refractivity contribution in [1.29, 1.82) is 0 Å². The number of halogens is 1. The van der Waals surface area contributed by atoms with Crippen LogP contribution in [0.1, 0.15) is 20.3 Å². The van der Waals surface area contributed by atoms with Gasteiger partial charge in [0.25, 0.3) is 0 Å². The quantitative estimate of drug-likeness (QED) is 0.771. The number of hydrogen-bond donors (Lipinski definition) is 1. The van der Waals surface area contributed by atoms with Crippen LogP contribution < -0.4 is 0 Å². The van der Waals surface area contributed by atoms with Crippen molar-refractivity contribution >= 4 is 21.9 Å². The van der Waals surface area contributed by atoms with Crippen molar-refractivity contribution in [2.45, 2.75) is 20.3 Å². The summed E-state index contributed by atoms with van der Waals surface area (Å²) >= 11 is 3.05.